The maximum absolute atomic E-state index is 14.0. The molecule has 0 unspecified atom stereocenters. The van der Waals surface area contributed by atoms with Gasteiger partial charge in [-0.05, 0) is 23.8 Å². The number of halogens is 2. The molecule has 0 saturated carbocycles. The first kappa shape index (κ1) is 18.0. The van der Waals surface area contributed by atoms with E-state index < -0.39 is 18.0 Å². The Morgan fingerprint density at radius 1 is 1.30 bits per heavy atom. The molecular formula is C18H18ClFN4O3. The number of hydrogen-bond donors (Lipinski definition) is 2. The summed E-state index contributed by atoms with van der Waals surface area (Å²) in [5.74, 6) is 0.646. The number of pyridine rings is 1. The van der Waals surface area contributed by atoms with E-state index in [1.807, 2.05) is 0 Å². The summed E-state index contributed by atoms with van der Waals surface area (Å²) in [5, 5.41) is 10.3. The molecule has 142 valence electrons. The molecule has 3 heterocycles. The lowest BCUT2D eigenvalue weighted by atomic mass is 10.0. The SMILES string of the molecule is Fc1cc([C@@H]2OCCNC[C@H]2Oc2ccncc2C2=NOCN2)ccc1Cl. The van der Waals surface area contributed by atoms with Crippen molar-refractivity contribution in [3.63, 3.8) is 0 Å². The molecule has 1 aromatic heterocycles. The minimum atomic E-state index is -0.486. The van der Waals surface area contributed by atoms with Gasteiger partial charge in [0.25, 0.3) is 0 Å². The summed E-state index contributed by atoms with van der Waals surface area (Å²) < 4.78 is 26.2. The standard InChI is InChI=1S/C18H18ClFN4O3/c19-13-2-1-11(7-14(13)20)17-16(9-22-5-6-25-17)27-15-3-4-21-8-12(15)18-23-10-26-24-18/h1-4,7-8,16-17,22H,5-6,9-10H2,(H,23,24)/t16-,17+/m1/s1. The van der Waals surface area contributed by atoms with Gasteiger partial charge in [-0.2, -0.15) is 0 Å². The van der Waals surface area contributed by atoms with Crippen molar-refractivity contribution in [2.75, 3.05) is 26.4 Å². The quantitative estimate of drug-likeness (QED) is 0.831. The molecule has 2 aliphatic rings. The van der Waals surface area contributed by atoms with Crippen LogP contribution >= 0.6 is 11.6 Å². The van der Waals surface area contributed by atoms with E-state index in [-0.39, 0.29) is 5.02 Å². The molecule has 0 amide bonds. The van der Waals surface area contributed by atoms with Gasteiger partial charge in [0, 0.05) is 25.5 Å². The lowest BCUT2D eigenvalue weighted by molar-refractivity contribution is -0.00863. The van der Waals surface area contributed by atoms with Gasteiger partial charge in [-0.1, -0.05) is 22.8 Å². The fraction of sp³-hybridized carbons (Fsp3) is 0.333. The number of amidine groups is 1. The van der Waals surface area contributed by atoms with E-state index in [2.05, 4.69) is 20.8 Å². The highest BCUT2D eigenvalue weighted by molar-refractivity contribution is 6.30. The van der Waals surface area contributed by atoms with E-state index in [1.54, 1.807) is 24.5 Å². The van der Waals surface area contributed by atoms with Crippen molar-refractivity contribution in [1.29, 1.82) is 0 Å². The molecule has 0 bridgehead atoms. The Hall–Kier alpha value is -2.42. The van der Waals surface area contributed by atoms with Crippen molar-refractivity contribution in [1.82, 2.24) is 15.6 Å². The summed E-state index contributed by atoms with van der Waals surface area (Å²) in [7, 11) is 0. The number of benzene rings is 1. The van der Waals surface area contributed by atoms with E-state index in [9.17, 15) is 4.39 Å². The molecule has 4 rings (SSSR count). The average Bonchev–Trinajstić information content (AvgIpc) is 3.12. The van der Waals surface area contributed by atoms with Crippen LogP contribution in [0.2, 0.25) is 5.02 Å². The van der Waals surface area contributed by atoms with E-state index in [4.69, 9.17) is 25.9 Å². The van der Waals surface area contributed by atoms with Crippen molar-refractivity contribution in [2.45, 2.75) is 12.2 Å². The van der Waals surface area contributed by atoms with Gasteiger partial charge in [0.05, 0.1) is 17.2 Å². The van der Waals surface area contributed by atoms with Crippen LogP contribution in [0.5, 0.6) is 5.75 Å². The number of nitrogens with zero attached hydrogens (tertiary/aromatic N) is 2. The fourth-order valence-electron chi connectivity index (χ4n) is 3.02. The van der Waals surface area contributed by atoms with Gasteiger partial charge < -0.3 is 24.9 Å². The third kappa shape index (κ3) is 3.97. The Morgan fingerprint density at radius 2 is 2.22 bits per heavy atom. The number of hydrogen-bond acceptors (Lipinski definition) is 7. The predicted octanol–water partition coefficient (Wildman–Crippen LogP) is 2.22. The number of ether oxygens (including phenoxy) is 2. The van der Waals surface area contributed by atoms with Crippen LogP contribution in [-0.4, -0.2) is 43.4 Å². The van der Waals surface area contributed by atoms with Crippen LogP contribution in [0, 0.1) is 5.82 Å². The summed E-state index contributed by atoms with van der Waals surface area (Å²) in [6.45, 7) is 2.00. The first-order valence-electron chi connectivity index (χ1n) is 8.54. The van der Waals surface area contributed by atoms with E-state index >= 15 is 0 Å². The molecule has 0 spiro atoms. The number of oxime groups is 1. The molecule has 27 heavy (non-hydrogen) atoms. The van der Waals surface area contributed by atoms with Crippen LogP contribution in [0.25, 0.3) is 0 Å². The predicted molar refractivity (Wildman–Crippen MR) is 97.3 cm³/mol. The zero-order chi connectivity index (χ0) is 18.6. The van der Waals surface area contributed by atoms with E-state index in [0.717, 1.165) is 0 Å². The van der Waals surface area contributed by atoms with Gasteiger partial charge in [0.2, 0.25) is 0 Å². The fourth-order valence-corrected chi connectivity index (χ4v) is 3.14. The highest BCUT2D eigenvalue weighted by Gasteiger charge is 2.30. The summed E-state index contributed by atoms with van der Waals surface area (Å²) in [4.78, 5) is 9.13. The molecule has 2 aromatic rings. The first-order valence-corrected chi connectivity index (χ1v) is 8.92. The highest BCUT2D eigenvalue weighted by atomic mass is 35.5. The molecule has 0 aliphatic carbocycles. The number of rotatable bonds is 4. The van der Waals surface area contributed by atoms with E-state index in [1.165, 1.54) is 12.1 Å². The van der Waals surface area contributed by atoms with Gasteiger partial charge >= 0.3 is 0 Å². The maximum Gasteiger partial charge on any atom is 0.188 e. The number of aromatic nitrogens is 1. The van der Waals surface area contributed by atoms with Crippen molar-refractivity contribution in [2.24, 2.45) is 5.16 Å². The van der Waals surface area contributed by atoms with Crippen LogP contribution < -0.4 is 15.4 Å². The Bertz CT molecular complexity index is 851. The second-order valence-corrected chi connectivity index (χ2v) is 6.49. The van der Waals surface area contributed by atoms with Crippen molar-refractivity contribution in [3.8, 4) is 5.75 Å². The van der Waals surface area contributed by atoms with Crippen LogP contribution in [0.4, 0.5) is 4.39 Å². The number of nitrogens with one attached hydrogen (secondary N) is 2. The second kappa shape index (κ2) is 8.08. The van der Waals surface area contributed by atoms with Crippen molar-refractivity contribution in [3.05, 3.63) is 58.6 Å². The molecule has 9 heteroatoms. The minimum absolute atomic E-state index is 0.0738. The minimum Gasteiger partial charge on any atom is -0.485 e. The van der Waals surface area contributed by atoms with Crippen LogP contribution in [-0.2, 0) is 9.57 Å². The van der Waals surface area contributed by atoms with Gasteiger partial charge in [-0.25, -0.2) is 4.39 Å². The topological polar surface area (TPSA) is 77.0 Å². The molecule has 1 saturated heterocycles. The Morgan fingerprint density at radius 3 is 3.04 bits per heavy atom. The molecule has 1 aromatic carbocycles. The third-order valence-electron chi connectivity index (χ3n) is 4.31. The lowest BCUT2D eigenvalue weighted by Crippen LogP contribution is -2.35. The van der Waals surface area contributed by atoms with Crippen LogP contribution in [0.3, 0.4) is 0 Å². The molecule has 1 fully saturated rings. The second-order valence-electron chi connectivity index (χ2n) is 6.09. The van der Waals surface area contributed by atoms with Crippen molar-refractivity contribution < 1.29 is 18.7 Å². The molecule has 2 atom stereocenters. The van der Waals surface area contributed by atoms with Crippen LogP contribution in [0.15, 0.2) is 41.8 Å². The smallest absolute Gasteiger partial charge is 0.188 e. The van der Waals surface area contributed by atoms with Gasteiger partial charge in [0.15, 0.2) is 12.6 Å². The summed E-state index contributed by atoms with van der Waals surface area (Å²) >= 11 is 5.81. The first-order chi connectivity index (χ1) is 13.2. The average molecular weight is 393 g/mol. The normalized spacial score (nSPS) is 22.4. The summed E-state index contributed by atoms with van der Waals surface area (Å²) in [6, 6.07) is 6.42. The zero-order valence-corrected chi connectivity index (χ0v) is 15.1. The monoisotopic (exact) mass is 392 g/mol. The highest BCUT2D eigenvalue weighted by Crippen LogP contribution is 2.30. The summed E-state index contributed by atoms with van der Waals surface area (Å²) in [5.41, 5.74) is 1.35. The molecule has 0 radical (unpaired) electrons. The third-order valence-corrected chi connectivity index (χ3v) is 4.61. The Balaban J connectivity index is 1.63. The van der Waals surface area contributed by atoms with Crippen LogP contribution in [0.1, 0.15) is 17.2 Å². The molecule has 7 nitrogen and oxygen atoms in total. The van der Waals surface area contributed by atoms with E-state index in [0.29, 0.717) is 49.1 Å². The van der Waals surface area contributed by atoms with Gasteiger partial charge in [-0.3, -0.25) is 4.98 Å². The Kier molecular flexibility index (Phi) is 5.38. The largest absolute Gasteiger partial charge is 0.485 e. The zero-order valence-electron chi connectivity index (χ0n) is 14.3. The summed E-state index contributed by atoms with van der Waals surface area (Å²) in [6.07, 6.45) is 2.44. The van der Waals surface area contributed by atoms with Crippen molar-refractivity contribution >= 4 is 17.4 Å². The Labute approximate surface area is 160 Å². The molecular weight excluding hydrogens is 375 g/mol. The van der Waals surface area contributed by atoms with Gasteiger partial charge in [-0.15, -0.1) is 0 Å². The maximum atomic E-state index is 14.0. The lowest BCUT2D eigenvalue weighted by Gasteiger charge is -2.27. The molecule has 2 aliphatic heterocycles. The van der Waals surface area contributed by atoms with Gasteiger partial charge in [0.1, 0.15) is 23.8 Å². The molecule has 2 N–H and O–H groups in total.